The number of halogens is 2. The molecule has 1 aromatic carbocycles. The van der Waals surface area contributed by atoms with Crippen molar-refractivity contribution in [1.29, 1.82) is 0 Å². The molecule has 0 fully saturated rings. The Balaban J connectivity index is 2.79. The predicted octanol–water partition coefficient (Wildman–Crippen LogP) is 2.29. The molecule has 118 valence electrons. The lowest BCUT2D eigenvalue weighted by Crippen LogP contribution is -2.33. The molecular weight excluding hydrogens is 304 g/mol. The van der Waals surface area contributed by atoms with Gasteiger partial charge >= 0.3 is 11.7 Å². The Morgan fingerprint density at radius 3 is 2.24 bits per heavy atom. The first-order valence-electron chi connectivity index (χ1n) is 6.05. The maximum Gasteiger partial charge on any atom is 0.341 e. The van der Waals surface area contributed by atoms with Crippen LogP contribution in [0.4, 0.5) is 14.5 Å². The standard InChI is InChI=1S/C13H17F2NO4S/c1-13(2,11(17)20-3)8-16-9-4-6-10(7-5-9)21(18,19)12(14)15/h4-7,12,16H,8H2,1-3H3. The first kappa shape index (κ1) is 17.4. The van der Waals surface area contributed by atoms with Crippen molar-refractivity contribution in [2.45, 2.75) is 24.5 Å². The summed E-state index contributed by atoms with van der Waals surface area (Å²) in [5.74, 6) is -3.85. The van der Waals surface area contributed by atoms with E-state index in [0.717, 1.165) is 12.1 Å². The van der Waals surface area contributed by atoms with Gasteiger partial charge in [-0.15, -0.1) is 0 Å². The molecule has 1 rings (SSSR count). The largest absolute Gasteiger partial charge is 0.469 e. The number of nitrogens with one attached hydrogen (secondary N) is 1. The van der Waals surface area contributed by atoms with Crippen molar-refractivity contribution in [2.24, 2.45) is 5.41 Å². The molecule has 21 heavy (non-hydrogen) atoms. The summed E-state index contributed by atoms with van der Waals surface area (Å²) in [5, 5.41) is 2.92. The number of anilines is 1. The molecule has 1 aromatic rings. The number of alkyl halides is 2. The molecule has 0 radical (unpaired) electrons. The molecule has 0 saturated carbocycles. The lowest BCUT2D eigenvalue weighted by Gasteiger charge is -2.22. The normalized spacial score (nSPS) is 12.3. The van der Waals surface area contributed by atoms with E-state index in [9.17, 15) is 22.0 Å². The Morgan fingerprint density at radius 1 is 1.29 bits per heavy atom. The molecular formula is C13H17F2NO4S. The molecule has 0 unspecified atom stereocenters. The summed E-state index contributed by atoms with van der Waals surface area (Å²) in [4.78, 5) is 11.0. The molecule has 0 aromatic heterocycles. The fourth-order valence-corrected chi connectivity index (χ4v) is 2.26. The highest BCUT2D eigenvalue weighted by Gasteiger charge is 2.29. The number of methoxy groups -OCH3 is 1. The monoisotopic (exact) mass is 321 g/mol. The topological polar surface area (TPSA) is 72.5 Å². The second-order valence-electron chi connectivity index (χ2n) is 5.06. The van der Waals surface area contributed by atoms with Gasteiger partial charge in [0.2, 0.25) is 9.84 Å². The Kier molecular flexibility index (Phi) is 5.27. The molecule has 0 aliphatic carbocycles. The summed E-state index contributed by atoms with van der Waals surface area (Å²) in [5.41, 5.74) is -0.261. The van der Waals surface area contributed by atoms with Gasteiger partial charge < -0.3 is 10.1 Å². The van der Waals surface area contributed by atoms with Crippen LogP contribution in [0.1, 0.15) is 13.8 Å². The van der Waals surface area contributed by atoms with Crippen LogP contribution in [-0.2, 0) is 19.4 Å². The number of carbonyl (C=O) groups excluding carboxylic acids is 1. The molecule has 0 bridgehead atoms. The SMILES string of the molecule is COC(=O)C(C)(C)CNc1ccc(S(=O)(=O)C(F)F)cc1. The third kappa shape index (κ3) is 4.13. The van der Waals surface area contributed by atoms with Crippen molar-refractivity contribution in [3.05, 3.63) is 24.3 Å². The van der Waals surface area contributed by atoms with E-state index >= 15 is 0 Å². The zero-order valence-corrected chi connectivity index (χ0v) is 12.7. The minimum Gasteiger partial charge on any atom is -0.469 e. The van der Waals surface area contributed by atoms with Crippen LogP contribution < -0.4 is 5.32 Å². The van der Waals surface area contributed by atoms with Crippen LogP contribution in [0.2, 0.25) is 0 Å². The van der Waals surface area contributed by atoms with Gasteiger partial charge in [-0.1, -0.05) is 0 Å². The van der Waals surface area contributed by atoms with Crippen LogP contribution in [0.5, 0.6) is 0 Å². The number of benzene rings is 1. The number of carbonyl (C=O) groups is 1. The van der Waals surface area contributed by atoms with E-state index in [4.69, 9.17) is 0 Å². The van der Waals surface area contributed by atoms with Crippen LogP contribution in [0.15, 0.2) is 29.2 Å². The fourth-order valence-electron chi connectivity index (χ4n) is 1.54. The average molecular weight is 321 g/mol. The van der Waals surface area contributed by atoms with E-state index in [-0.39, 0.29) is 6.54 Å². The Morgan fingerprint density at radius 2 is 1.81 bits per heavy atom. The van der Waals surface area contributed by atoms with Gasteiger partial charge in [0.1, 0.15) is 0 Å². The van der Waals surface area contributed by atoms with Gasteiger partial charge in [-0.05, 0) is 38.1 Å². The number of esters is 1. The number of hydrogen-bond acceptors (Lipinski definition) is 5. The summed E-state index contributed by atoms with van der Waals surface area (Å²) in [6.07, 6.45) is 0. The predicted molar refractivity (Wildman–Crippen MR) is 73.9 cm³/mol. The van der Waals surface area contributed by atoms with Crippen LogP contribution in [0.25, 0.3) is 0 Å². The minimum atomic E-state index is -4.59. The lowest BCUT2D eigenvalue weighted by atomic mass is 9.93. The number of ether oxygens (including phenoxy) is 1. The third-order valence-corrected chi connectivity index (χ3v) is 4.29. The second kappa shape index (κ2) is 6.38. The fraction of sp³-hybridized carbons (Fsp3) is 0.462. The highest BCUT2D eigenvalue weighted by atomic mass is 32.2. The molecule has 0 amide bonds. The minimum absolute atomic E-state index is 0.251. The molecule has 8 heteroatoms. The van der Waals surface area contributed by atoms with Crippen molar-refractivity contribution in [3.63, 3.8) is 0 Å². The van der Waals surface area contributed by atoms with Crippen molar-refractivity contribution in [3.8, 4) is 0 Å². The Bertz CT molecular complexity index is 597. The smallest absolute Gasteiger partial charge is 0.341 e. The van der Waals surface area contributed by atoms with Crippen LogP contribution >= 0.6 is 0 Å². The second-order valence-corrected chi connectivity index (χ2v) is 6.98. The van der Waals surface area contributed by atoms with E-state index in [1.54, 1.807) is 13.8 Å². The number of hydrogen-bond donors (Lipinski definition) is 1. The molecule has 0 aliphatic rings. The van der Waals surface area contributed by atoms with Crippen molar-refractivity contribution in [1.82, 2.24) is 0 Å². The zero-order valence-electron chi connectivity index (χ0n) is 11.9. The lowest BCUT2D eigenvalue weighted by molar-refractivity contribution is -0.149. The van der Waals surface area contributed by atoms with E-state index in [2.05, 4.69) is 10.1 Å². The highest BCUT2D eigenvalue weighted by Crippen LogP contribution is 2.22. The first-order chi connectivity index (χ1) is 9.61. The van der Waals surface area contributed by atoms with E-state index in [1.807, 2.05) is 0 Å². The van der Waals surface area contributed by atoms with E-state index in [1.165, 1.54) is 19.2 Å². The highest BCUT2D eigenvalue weighted by molar-refractivity contribution is 7.91. The third-order valence-electron chi connectivity index (χ3n) is 2.89. The Hall–Kier alpha value is -1.70. The van der Waals surface area contributed by atoms with Crippen LogP contribution in [0, 0.1) is 5.41 Å². The molecule has 0 spiro atoms. The van der Waals surface area contributed by atoms with Gasteiger partial charge in [0.15, 0.2) is 0 Å². The molecule has 5 nitrogen and oxygen atoms in total. The first-order valence-corrected chi connectivity index (χ1v) is 7.60. The molecule has 0 atom stereocenters. The van der Waals surface area contributed by atoms with Crippen LogP contribution in [-0.4, -0.2) is 33.8 Å². The quantitative estimate of drug-likeness (QED) is 0.814. The number of rotatable bonds is 6. The zero-order chi connectivity index (χ0) is 16.3. The summed E-state index contributed by atoms with van der Waals surface area (Å²) in [6, 6.07) is 4.91. The molecule has 0 heterocycles. The summed E-state index contributed by atoms with van der Waals surface area (Å²) in [6.45, 7) is 3.61. The summed E-state index contributed by atoms with van der Waals surface area (Å²) < 4.78 is 51.9. The van der Waals surface area contributed by atoms with Crippen molar-refractivity contribution < 1.29 is 26.7 Å². The van der Waals surface area contributed by atoms with Gasteiger partial charge in [0.05, 0.1) is 17.4 Å². The molecule has 0 saturated heterocycles. The number of sulfone groups is 1. The van der Waals surface area contributed by atoms with Gasteiger partial charge in [-0.3, -0.25) is 4.79 Å². The van der Waals surface area contributed by atoms with E-state index in [0.29, 0.717) is 5.69 Å². The maximum atomic E-state index is 12.4. The molecule has 1 N–H and O–H groups in total. The van der Waals surface area contributed by atoms with Crippen molar-refractivity contribution >= 4 is 21.5 Å². The summed E-state index contributed by atoms with van der Waals surface area (Å²) >= 11 is 0. The summed E-state index contributed by atoms with van der Waals surface area (Å²) in [7, 11) is -3.30. The van der Waals surface area contributed by atoms with Crippen molar-refractivity contribution in [2.75, 3.05) is 19.0 Å². The van der Waals surface area contributed by atoms with Crippen LogP contribution in [0.3, 0.4) is 0 Å². The van der Waals surface area contributed by atoms with Gasteiger partial charge in [0, 0.05) is 12.2 Å². The van der Waals surface area contributed by atoms with Gasteiger partial charge in [-0.25, -0.2) is 8.42 Å². The Labute approximate surface area is 122 Å². The van der Waals surface area contributed by atoms with E-state index < -0.39 is 31.9 Å². The molecule has 0 aliphatic heterocycles. The van der Waals surface area contributed by atoms with Gasteiger partial charge in [0.25, 0.3) is 0 Å². The average Bonchev–Trinajstić information content (AvgIpc) is 2.44. The maximum absolute atomic E-state index is 12.4. The van der Waals surface area contributed by atoms with Gasteiger partial charge in [-0.2, -0.15) is 8.78 Å².